The predicted octanol–water partition coefficient (Wildman–Crippen LogP) is 7.11. The lowest BCUT2D eigenvalue weighted by atomic mass is 9.78. The lowest BCUT2D eigenvalue weighted by Crippen LogP contribution is -2.44. The Labute approximate surface area is 314 Å². The van der Waals surface area contributed by atoms with E-state index in [4.69, 9.17) is 18.9 Å². The van der Waals surface area contributed by atoms with Gasteiger partial charge in [0.25, 0.3) is 0 Å². The number of hydrogen-bond acceptors (Lipinski definition) is 9. The zero-order valence-corrected chi connectivity index (χ0v) is 32.6. The first-order valence-electron chi connectivity index (χ1n) is 18.9. The number of esters is 2. The Balaban J connectivity index is 1.44. The van der Waals surface area contributed by atoms with Gasteiger partial charge in [0.1, 0.15) is 29.3 Å². The molecule has 290 valence electrons. The number of carbonyl (C=O) groups excluding carboxylic acids is 5. The fourth-order valence-electron chi connectivity index (χ4n) is 6.99. The summed E-state index contributed by atoms with van der Waals surface area (Å²) in [4.78, 5) is 70.5. The smallest absolute Gasteiger partial charge is 0.410 e. The third kappa shape index (κ3) is 12.9. The number of hydrogen-bond donors (Lipinski definition) is 0. The Morgan fingerprint density at radius 3 is 2.11 bits per heavy atom. The number of nitrogens with zero attached hydrogens (tertiary/aromatic N) is 2. The number of benzene rings is 2. The van der Waals surface area contributed by atoms with Crippen molar-refractivity contribution in [2.24, 2.45) is 17.8 Å². The van der Waals surface area contributed by atoms with Crippen molar-refractivity contribution in [1.29, 1.82) is 0 Å². The topological polar surface area (TPSA) is 129 Å². The number of rotatable bonds is 13. The highest BCUT2D eigenvalue weighted by Gasteiger charge is 2.42. The molecule has 2 aromatic rings. The minimum Gasteiger partial charge on any atom is -0.489 e. The fraction of sp³-hybridized carbons (Fsp3) is 0.595. The summed E-state index contributed by atoms with van der Waals surface area (Å²) >= 11 is 0. The van der Waals surface area contributed by atoms with Crippen molar-refractivity contribution in [3.05, 3.63) is 65.7 Å². The van der Waals surface area contributed by atoms with Gasteiger partial charge in [-0.1, -0.05) is 42.5 Å². The van der Waals surface area contributed by atoms with Crippen molar-refractivity contribution in [2.75, 3.05) is 33.3 Å². The standard InChI is InChI=1S/C42H58N2O9/c1-41(2,3)52-39(48)37(38(47)50-7)34(31-15-11-17-33(25-31)51-28-30-13-9-8-10-14-30)26-35(45)32-16-12-22-44(27-32)36(46)19-18-29-20-23-43(24-21-29)40(49)53-42(4,5)6/h8-11,13-15,17,25,29,32,34,37H,12,16,18-24,26-28H2,1-7H3/t32-,34-,37?/m1/s1. The average molecular weight is 735 g/mol. The maximum atomic E-state index is 14.1. The van der Waals surface area contributed by atoms with Crippen LogP contribution in [-0.4, -0.2) is 84.0 Å². The predicted molar refractivity (Wildman–Crippen MR) is 200 cm³/mol. The van der Waals surface area contributed by atoms with E-state index in [1.165, 1.54) is 7.11 Å². The van der Waals surface area contributed by atoms with Gasteiger partial charge >= 0.3 is 18.0 Å². The molecule has 3 atom stereocenters. The van der Waals surface area contributed by atoms with Crippen LogP contribution >= 0.6 is 0 Å². The SMILES string of the molecule is COC(=O)C(C(=O)OC(C)(C)C)[C@H](CC(=O)[C@@H]1CCCN(C(=O)CCC2CCN(C(=O)OC(C)(C)C)CC2)C1)c1cccc(OCc2ccccc2)c1. The van der Waals surface area contributed by atoms with Gasteiger partial charge in [-0.25, -0.2) is 4.79 Å². The molecule has 0 saturated carbocycles. The van der Waals surface area contributed by atoms with Gasteiger partial charge in [0.05, 0.1) is 7.11 Å². The molecule has 4 rings (SSSR count). The monoisotopic (exact) mass is 734 g/mol. The maximum absolute atomic E-state index is 14.1. The molecule has 0 radical (unpaired) electrons. The second-order valence-electron chi connectivity index (χ2n) is 16.3. The number of carbonyl (C=O) groups is 5. The van der Waals surface area contributed by atoms with Crippen LogP contribution in [0.4, 0.5) is 4.79 Å². The molecule has 11 nitrogen and oxygen atoms in total. The van der Waals surface area contributed by atoms with Crippen molar-refractivity contribution in [1.82, 2.24) is 9.80 Å². The van der Waals surface area contributed by atoms with E-state index in [0.717, 1.165) is 24.8 Å². The van der Waals surface area contributed by atoms with Gasteiger partial charge in [-0.2, -0.15) is 0 Å². The number of likely N-dealkylation sites (tertiary alicyclic amines) is 2. The molecule has 2 aromatic carbocycles. The molecule has 2 heterocycles. The molecule has 53 heavy (non-hydrogen) atoms. The van der Waals surface area contributed by atoms with Crippen LogP contribution in [0.25, 0.3) is 0 Å². The van der Waals surface area contributed by atoms with Gasteiger partial charge in [-0.05, 0) is 103 Å². The van der Waals surface area contributed by atoms with E-state index >= 15 is 0 Å². The second kappa shape index (κ2) is 18.6. The number of ether oxygens (including phenoxy) is 4. The first-order chi connectivity index (χ1) is 25.0. The van der Waals surface area contributed by atoms with Gasteiger partial charge < -0.3 is 28.7 Å². The Morgan fingerprint density at radius 1 is 0.792 bits per heavy atom. The van der Waals surface area contributed by atoms with Crippen LogP contribution in [-0.2, 0) is 40.0 Å². The van der Waals surface area contributed by atoms with Gasteiger partial charge in [0.15, 0.2) is 5.92 Å². The molecule has 11 heteroatoms. The molecule has 1 unspecified atom stereocenters. The number of Topliss-reactive ketones (excluding diaryl/α,β-unsaturated/α-hetero) is 1. The van der Waals surface area contributed by atoms with Gasteiger partial charge in [-0.3, -0.25) is 19.2 Å². The van der Waals surface area contributed by atoms with E-state index in [9.17, 15) is 24.0 Å². The summed E-state index contributed by atoms with van der Waals surface area (Å²) in [5.41, 5.74) is 0.133. The number of amides is 2. The third-order valence-corrected chi connectivity index (χ3v) is 9.74. The molecular weight excluding hydrogens is 676 g/mol. The van der Waals surface area contributed by atoms with E-state index in [-0.39, 0.29) is 30.7 Å². The number of ketones is 1. The van der Waals surface area contributed by atoms with E-state index in [2.05, 4.69) is 0 Å². The zero-order chi connectivity index (χ0) is 38.8. The van der Waals surface area contributed by atoms with Crippen LogP contribution in [0.3, 0.4) is 0 Å². The van der Waals surface area contributed by atoms with Crippen LogP contribution in [0.5, 0.6) is 5.75 Å². The van der Waals surface area contributed by atoms with Crippen LogP contribution < -0.4 is 4.74 Å². The van der Waals surface area contributed by atoms with E-state index in [1.807, 2.05) is 51.1 Å². The zero-order valence-electron chi connectivity index (χ0n) is 32.6. The molecule has 0 spiro atoms. The van der Waals surface area contributed by atoms with E-state index in [0.29, 0.717) is 62.7 Å². The lowest BCUT2D eigenvalue weighted by Gasteiger charge is -2.35. The average Bonchev–Trinajstić information content (AvgIpc) is 3.12. The summed E-state index contributed by atoms with van der Waals surface area (Å²) in [6, 6.07) is 16.8. The first kappa shape index (κ1) is 41.3. The molecule has 0 bridgehead atoms. The van der Waals surface area contributed by atoms with Crippen molar-refractivity contribution in [3.8, 4) is 5.75 Å². The van der Waals surface area contributed by atoms with Gasteiger partial charge in [0.2, 0.25) is 5.91 Å². The Bertz CT molecular complexity index is 1550. The maximum Gasteiger partial charge on any atom is 0.410 e. The molecule has 2 aliphatic heterocycles. The van der Waals surface area contributed by atoms with Crippen molar-refractivity contribution in [3.63, 3.8) is 0 Å². The molecule has 2 fully saturated rings. The van der Waals surface area contributed by atoms with Gasteiger partial charge in [0, 0.05) is 50.9 Å². The fourth-order valence-corrected chi connectivity index (χ4v) is 6.99. The highest BCUT2D eigenvalue weighted by Crippen LogP contribution is 2.36. The van der Waals surface area contributed by atoms with E-state index in [1.54, 1.807) is 54.8 Å². The summed E-state index contributed by atoms with van der Waals surface area (Å²) in [5.74, 6) is -3.54. The minimum atomic E-state index is -1.39. The number of piperidine rings is 2. The minimum absolute atomic E-state index is 0.0121. The molecule has 2 amide bonds. The normalized spacial score (nSPS) is 18.1. The molecule has 2 saturated heterocycles. The Kier molecular flexibility index (Phi) is 14.5. The summed E-state index contributed by atoms with van der Waals surface area (Å²) in [5, 5.41) is 0. The summed E-state index contributed by atoms with van der Waals surface area (Å²) in [7, 11) is 1.22. The summed E-state index contributed by atoms with van der Waals surface area (Å²) in [6.45, 7) is 13.1. The van der Waals surface area contributed by atoms with Gasteiger partial charge in [-0.15, -0.1) is 0 Å². The largest absolute Gasteiger partial charge is 0.489 e. The Morgan fingerprint density at radius 2 is 1.47 bits per heavy atom. The highest BCUT2D eigenvalue weighted by molar-refractivity contribution is 5.97. The lowest BCUT2D eigenvalue weighted by molar-refractivity contribution is -0.169. The third-order valence-electron chi connectivity index (χ3n) is 9.74. The van der Waals surface area contributed by atoms with Crippen LogP contribution in [0.1, 0.15) is 104 Å². The van der Waals surface area contributed by atoms with Crippen LogP contribution in [0.2, 0.25) is 0 Å². The second-order valence-corrected chi connectivity index (χ2v) is 16.3. The van der Waals surface area contributed by atoms with Crippen LogP contribution in [0, 0.1) is 17.8 Å². The molecule has 0 aromatic heterocycles. The molecular formula is C42H58N2O9. The van der Waals surface area contributed by atoms with E-state index < -0.39 is 40.9 Å². The van der Waals surface area contributed by atoms with Crippen molar-refractivity contribution < 1.29 is 42.9 Å². The quantitative estimate of drug-likeness (QED) is 0.120. The Hall–Kier alpha value is -4.41. The summed E-state index contributed by atoms with van der Waals surface area (Å²) in [6.07, 6.45) is 3.58. The van der Waals surface area contributed by atoms with Crippen molar-refractivity contribution in [2.45, 2.75) is 110 Å². The first-order valence-corrected chi connectivity index (χ1v) is 18.9. The van der Waals surface area contributed by atoms with Crippen molar-refractivity contribution >= 4 is 29.7 Å². The highest BCUT2D eigenvalue weighted by atomic mass is 16.6. The molecule has 0 aliphatic carbocycles. The molecule has 0 N–H and O–H groups in total. The number of methoxy groups -OCH3 is 1. The molecule has 2 aliphatic rings. The van der Waals surface area contributed by atoms with Crippen LogP contribution in [0.15, 0.2) is 54.6 Å². The summed E-state index contributed by atoms with van der Waals surface area (Å²) < 4.78 is 22.4.